The Kier molecular flexibility index (Phi) is 5.94. The number of aromatic nitrogens is 2. The van der Waals surface area contributed by atoms with Crippen molar-refractivity contribution in [3.05, 3.63) is 69.5 Å². The van der Waals surface area contributed by atoms with Crippen molar-refractivity contribution < 1.29 is 22.5 Å². The van der Waals surface area contributed by atoms with Gasteiger partial charge in [0.15, 0.2) is 0 Å². The van der Waals surface area contributed by atoms with Crippen molar-refractivity contribution in [1.82, 2.24) is 15.0 Å². The maximum Gasteiger partial charge on any atom is 0.416 e. The van der Waals surface area contributed by atoms with Crippen LogP contribution in [-0.2, 0) is 6.18 Å². The van der Waals surface area contributed by atoms with Crippen molar-refractivity contribution in [1.29, 1.82) is 0 Å². The highest BCUT2D eigenvalue weighted by Crippen LogP contribution is 2.32. The average Bonchev–Trinajstić information content (AvgIpc) is 3.22. The summed E-state index contributed by atoms with van der Waals surface area (Å²) in [6.07, 6.45) is -3.16. The maximum atomic E-state index is 12.7. The van der Waals surface area contributed by atoms with Crippen LogP contribution in [0.3, 0.4) is 0 Å². The summed E-state index contributed by atoms with van der Waals surface area (Å²) >= 11 is 12.0. The molecule has 10 heteroatoms. The Labute approximate surface area is 185 Å². The van der Waals surface area contributed by atoms with Crippen LogP contribution in [0.15, 0.2) is 47.0 Å². The molecule has 0 unspecified atom stereocenters. The molecule has 2 heterocycles. The van der Waals surface area contributed by atoms with Crippen LogP contribution in [0, 0.1) is 0 Å². The van der Waals surface area contributed by atoms with Crippen molar-refractivity contribution in [3.8, 4) is 11.4 Å². The number of piperidine rings is 1. The summed E-state index contributed by atoms with van der Waals surface area (Å²) in [5, 5.41) is 4.69. The molecule has 0 radical (unpaired) electrons. The predicted molar refractivity (Wildman–Crippen MR) is 109 cm³/mol. The van der Waals surface area contributed by atoms with Gasteiger partial charge in [0.05, 0.1) is 5.56 Å². The highest BCUT2D eigenvalue weighted by Gasteiger charge is 2.31. The molecule has 1 aromatic heterocycles. The predicted octanol–water partition coefficient (Wildman–Crippen LogP) is 6.08. The van der Waals surface area contributed by atoms with E-state index in [4.69, 9.17) is 27.7 Å². The molecule has 3 aromatic rings. The number of amides is 1. The van der Waals surface area contributed by atoms with Crippen molar-refractivity contribution in [2.75, 3.05) is 13.1 Å². The molecular formula is C21H16Cl2F3N3O2. The number of benzene rings is 2. The third kappa shape index (κ3) is 4.85. The van der Waals surface area contributed by atoms with Gasteiger partial charge in [-0.15, -0.1) is 0 Å². The van der Waals surface area contributed by atoms with E-state index in [1.165, 1.54) is 12.1 Å². The van der Waals surface area contributed by atoms with Crippen LogP contribution in [0.4, 0.5) is 13.2 Å². The molecule has 4 rings (SSSR count). The van der Waals surface area contributed by atoms with E-state index in [0.29, 0.717) is 53.0 Å². The highest BCUT2D eigenvalue weighted by molar-refractivity contribution is 6.35. The Balaban J connectivity index is 1.41. The van der Waals surface area contributed by atoms with Gasteiger partial charge in [0.25, 0.3) is 5.91 Å². The first-order chi connectivity index (χ1) is 14.7. The minimum absolute atomic E-state index is 0.0392. The van der Waals surface area contributed by atoms with Gasteiger partial charge in [0.2, 0.25) is 11.7 Å². The molecule has 1 saturated heterocycles. The first-order valence-electron chi connectivity index (χ1n) is 9.47. The van der Waals surface area contributed by atoms with Crippen LogP contribution in [-0.4, -0.2) is 34.0 Å². The van der Waals surface area contributed by atoms with E-state index >= 15 is 0 Å². The second kappa shape index (κ2) is 8.51. The van der Waals surface area contributed by atoms with Crippen molar-refractivity contribution in [2.45, 2.75) is 24.9 Å². The molecule has 162 valence electrons. The van der Waals surface area contributed by atoms with Crippen LogP contribution in [0.5, 0.6) is 0 Å². The molecule has 0 saturated carbocycles. The minimum atomic E-state index is -4.40. The third-order valence-electron chi connectivity index (χ3n) is 5.15. The summed E-state index contributed by atoms with van der Waals surface area (Å²) in [4.78, 5) is 18.8. The lowest BCUT2D eigenvalue weighted by Crippen LogP contribution is -2.38. The Morgan fingerprint density at radius 3 is 2.23 bits per heavy atom. The smallest absolute Gasteiger partial charge is 0.339 e. The Morgan fingerprint density at radius 1 is 1.03 bits per heavy atom. The van der Waals surface area contributed by atoms with Crippen molar-refractivity contribution >= 4 is 29.1 Å². The fourth-order valence-corrected chi connectivity index (χ4v) is 4.04. The van der Waals surface area contributed by atoms with Gasteiger partial charge >= 0.3 is 6.18 Å². The quantitative estimate of drug-likeness (QED) is 0.466. The molecular weight excluding hydrogens is 454 g/mol. The second-order valence-corrected chi connectivity index (χ2v) is 8.13. The lowest BCUT2D eigenvalue weighted by molar-refractivity contribution is -0.137. The normalized spacial score (nSPS) is 15.3. The van der Waals surface area contributed by atoms with Gasteiger partial charge in [0.1, 0.15) is 0 Å². The maximum absolute atomic E-state index is 12.7. The Bertz CT molecular complexity index is 1070. The lowest BCUT2D eigenvalue weighted by Gasteiger charge is -2.30. The van der Waals surface area contributed by atoms with Crippen LogP contribution >= 0.6 is 23.2 Å². The highest BCUT2D eigenvalue weighted by atomic mass is 35.5. The van der Waals surface area contributed by atoms with Gasteiger partial charge < -0.3 is 9.42 Å². The van der Waals surface area contributed by atoms with Gasteiger partial charge in [-0.2, -0.15) is 18.2 Å². The van der Waals surface area contributed by atoms with Crippen LogP contribution in [0.1, 0.15) is 40.6 Å². The number of rotatable bonds is 3. The van der Waals surface area contributed by atoms with Gasteiger partial charge in [-0.3, -0.25) is 4.79 Å². The summed E-state index contributed by atoms with van der Waals surface area (Å²) in [5.41, 5.74) is 0.129. The van der Waals surface area contributed by atoms with Gasteiger partial charge in [-0.05, 0) is 43.2 Å². The zero-order valence-corrected chi connectivity index (χ0v) is 17.5. The zero-order chi connectivity index (χ0) is 22.2. The molecule has 1 fully saturated rings. The summed E-state index contributed by atoms with van der Waals surface area (Å²) in [5.74, 6) is 0.449. The van der Waals surface area contributed by atoms with Crippen molar-refractivity contribution in [2.24, 2.45) is 0 Å². The molecule has 2 aromatic carbocycles. The molecule has 0 spiro atoms. The number of hydrogen-bond donors (Lipinski definition) is 0. The molecule has 1 aliphatic rings. The van der Waals surface area contributed by atoms with E-state index in [0.717, 1.165) is 12.1 Å². The fourth-order valence-electron chi connectivity index (χ4n) is 3.52. The van der Waals surface area contributed by atoms with E-state index in [9.17, 15) is 18.0 Å². The minimum Gasteiger partial charge on any atom is -0.339 e. The SMILES string of the molecule is O=C(c1cc(Cl)cc(Cl)c1)N1CCC(c2nc(-c3ccc(C(F)(F)F)cc3)no2)CC1. The molecule has 0 atom stereocenters. The van der Waals surface area contributed by atoms with Crippen LogP contribution in [0.25, 0.3) is 11.4 Å². The summed E-state index contributed by atoms with van der Waals surface area (Å²) in [6.45, 7) is 0.983. The molecule has 1 aliphatic heterocycles. The second-order valence-electron chi connectivity index (χ2n) is 7.26. The van der Waals surface area contributed by atoms with E-state index < -0.39 is 11.7 Å². The van der Waals surface area contributed by atoms with E-state index in [1.54, 1.807) is 23.1 Å². The van der Waals surface area contributed by atoms with E-state index in [-0.39, 0.29) is 17.6 Å². The van der Waals surface area contributed by atoms with E-state index in [1.807, 2.05) is 0 Å². The molecule has 0 N–H and O–H groups in total. The summed E-state index contributed by atoms with van der Waals surface area (Å²) in [6, 6.07) is 9.32. The summed E-state index contributed by atoms with van der Waals surface area (Å²) in [7, 11) is 0. The largest absolute Gasteiger partial charge is 0.416 e. The first-order valence-corrected chi connectivity index (χ1v) is 10.2. The van der Waals surface area contributed by atoms with Crippen LogP contribution < -0.4 is 0 Å². The first kappa shape index (κ1) is 21.6. The van der Waals surface area contributed by atoms with Gasteiger partial charge in [-0.25, -0.2) is 0 Å². The number of halogens is 5. The molecule has 1 amide bonds. The fraction of sp³-hybridized carbons (Fsp3) is 0.286. The van der Waals surface area contributed by atoms with E-state index in [2.05, 4.69) is 10.1 Å². The third-order valence-corrected chi connectivity index (χ3v) is 5.59. The Morgan fingerprint density at radius 2 is 1.65 bits per heavy atom. The monoisotopic (exact) mass is 469 g/mol. The number of carbonyl (C=O) groups excluding carboxylic acids is 1. The molecule has 0 bridgehead atoms. The Hall–Kier alpha value is -2.58. The standard InChI is InChI=1S/C21H16Cl2F3N3O2/c22-16-9-14(10-17(23)11-16)20(30)29-7-5-13(6-8-29)19-27-18(28-31-19)12-1-3-15(4-2-12)21(24,25)26/h1-4,9-11,13H,5-8H2. The number of alkyl halides is 3. The number of hydrogen-bond acceptors (Lipinski definition) is 4. The average molecular weight is 470 g/mol. The molecule has 31 heavy (non-hydrogen) atoms. The topological polar surface area (TPSA) is 59.2 Å². The molecule has 5 nitrogen and oxygen atoms in total. The summed E-state index contributed by atoms with van der Waals surface area (Å²) < 4.78 is 43.5. The van der Waals surface area contributed by atoms with Crippen molar-refractivity contribution in [3.63, 3.8) is 0 Å². The number of likely N-dealkylation sites (tertiary alicyclic amines) is 1. The van der Waals surface area contributed by atoms with Crippen LogP contribution in [0.2, 0.25) is 10.0 Å². The lowest BCUT2D eigenvalue weighted by atomic mass is 9.96. The van der Waals surface area contributed by atoms with Gasteiger partial charge in [-0.1, -0.05) is 40.5 Å². The molecule has 0 aliphatic carbocycles. The number of nitrogens with zero attached hydrogens (tertiary/aromatic N) is 3. The number of carbonyl (C=O) groups is 1. The zero-order valence-electron chi connectivity index (χ0n) is 16.0. The van der Waals surface area contributed by atoms with Gasteiger partial charge in [0, 0.05) is 40.2 Å².